The molecule has 1 saturated heterocycles. The molecular formula is C21H19ClFN3O4. The van der Waals surface area contributed by atoms with Crippen molar-refractivity contribution in [2.24, 2.45) is 11.7 Å². The van der Waals surface area contributed by atoms with Gasteiger partial charge in [0.2, 0.25) is 5.43 Å². The summed E-state index contributed by atoms with van der Waals surface area (Å²) in [7, 11) is 0. The van der Waals surface area contributed by atoms with Crippen molar-refractivity contribution >= 4 is 34.3 Å². The predicted octanol–water partition coefficient (Wildman–Crippen LogP) is 3.45. The van der Waals surface area contributed by atoms with E-state index >= 15 is 4.39 Å². The van der Waals surface area contributed by atoms with Gasteiger partial charge in [0.05, 0.1) is 33.3 Å². The van der Waals surface area contributed by atoms with Crippen molar-refractivity contribution in [3.8, 4) is 5.75 Å². The van der Waals surface area contributed by atoms with Crippen molar-refractivity contribution in [1.29, 1.82) is 0 Å². The molecule has 1 aromatic carbocycles. The molecule has 2 aliphatic carbocycles. The first-order valence-corrected chi connectivity index (χ1v) is 10.0. The third kappa shape index (κ3) is 2.90. The minimum absolute atomic E-state index is 0.00855. The van der Waals surface area contributed by atoms with Gasteiger partial charge in [0.25, 0.3) is 0 Å². The number of halogens is 2. The Kier molecular flexibility index (Phi) is 4.20. The molecule has 0 unspecified atom stereocenters. The van der Waals surface area contributed by atoms with Crippen LogP contribution in [0.15, 0.2) is 41.4 Å². The predicted molar refractivity (Wildman–Crippen MR) is 111 cm³/mol. The molecule has 0 amide bonds. The van der Waals surface area contributed by atoms with Gasteiger partial charge in [0.15, 0.2) is 5.75 Å². The lowest BCUT2D eigenvalue weighted by molar-refractivity contribution is 0.143. The third-order valence-corrected chi connectivity index (χ3v) is 6.40. The number of fused-ring (bicyclic) bond motifs is 2. The Morgan fingerprint density at radius 3 is 2.80 bits per heavy atom. The average Bonchev–Trinajstić information content (AvgIpc) is 3.45. The number of nitrogens with zero attached hydrogens (tertiary/aromatic N) is 2. The first-order chi connectivity index (χ1) is 14.3. The third-order valence-electron chi connectivity index (χ3n) is 6.04. The fourth-order valence-corrected chi connectivity index (χ4v) is 4.85. The Hall–Kier alpha value is -2.84. The SMILES string of the molecule is N[C@]12C=CC=C[C@H]1CN(c1c(F)cc3c(=O)c(OC(=O)O)cn(C4CC4)c3c1Cl)C2. The molecule has 156 valence electrons. The average molecular weight is 432 g/mol. The maximum atomic E-state index is 15.2. The summed E-state index contributed by atoms with van der Waals surface area (Å²) in [6.45, 7) is 0.877. The summed E-state index contributed by atoms with van der Waals surface area (Å²) in [4.78, 5) is 25.6. The van der Waals surface area contributed by atoms with E-state index in [-0.39, 0.29) is 33.8 Å². The lowest BCUT2D eigenvalue weighted by atomic mass is 9.85. The number of hydrogen-bond acceptors (Lipinski definition) is 5. The molecule has 2 atom stereocenters. The summed E-state index contributed by atoms with van der Waals surface area (Å²) >= 11 is 6.70. The second kappa shape index (κ2) is 6.58. The largest absolute Gasteiger partial charge is 0.511 e. The van der Waals surface area contributed by atoms with Crippen molar-refractivity contribution in [1.82, 2.24) is 4.57 Å². The summed E-state index contributed by atoms with van der Waals surface area (Å²) < 4.78 is 21.6. The number of anilines is 1. The first kappa shape index (κ1) is 19.1. The molecule has 1 aliphatic heterocycles. The van der Waals surface area contributed by atoms with Crippen molar-refractivity contribution in [3.63, 3.8) is 0 Å². The van der Waals surface area contributed by atoms with Crippen LogP contribution in [0.4, 0.5) is 14.9 Å². The molecule has 1 saturated carbocycles. The highest BCUT2D eigenvalue weighted by Gasteiger charge is 2.43. The summed E-state index contributed by atoms with van der Waals surface area (Å²) in [5, 5.41) is 9.04. The zero-order valence-corrected chi connectivity index (χ0v) is 16.6. The number of pyridine rings is 1. The quantitative estimate of drug-likeness (QED) is 0.722. The molecule has 9 heteroatoms. The van der Waals surface area contributed by atoms with E-state index in [9.17, 15) is 9.59 Å². The van der Waals surface area contributed by atoms with E-state index in [0.29, 0.717) is 18.6 Å². The van der Waals surface area contributed by atoms with E-state index in [4.69, 9.17) is 22.4 Å². The Morgan fingerprint density at radius 2 is 2.13 bits per heavy atom. The van der Waals surface area contributed by atoms with Gasteiger partial charge in [-0.2, -0.15) is 0 Å². The standard InChI is InChI=1S/C21H19ClFN3O4/c22-16-17-13(19(27)15(30-20(28)29)9-26(17)12-4-5-12)7-14(23)18(16)25-8-11-3-1-2-6-21(11,24)10-25/h1-3,6-7,9,11-12H,4-5,8,10,24H2,(H,28,29)/t11-,21-/m0/s1. The minimum atomic E-state index is -1.61. The van der Waals surface area contributed by atoms with Crippen LogP contribution in [-0.2, 0) is 0 Å². The number of nitrogens with two attached hydrogens (primary N) is 1. The van der Waals surface area contributed by atoms with Crippen molar-refractivity contribution < 1.29 is 19.0 Å². The summed E-state index contributed by atoms with van der Waals surface area (Å²) in [6, 6.07) is 1.16. The second-order valence-corrected chi connectivity index (χ2v) is 8.47. The van der Waals surface area contributed by atoms with E-state index in [0.717, 1.165) is 18.9 Å². The van der Waals surface area contributed by atoms with Gasteiger partial charge >= 0.3 is 6.16 Å². The van der Waals surface area contributed by atoms with Gasteiger partial charge in [-0.3, -0.25) is 4.79 Å². The van der Waals surface area contributed by atoms with E-state index in [1.54, 1.807) is 4.57 Å². The van der Waals surface area contributed by atoms with Crippen LogP contribution in [0.2, 0.25) is 5.02 Å². The Bertz CT molecular complexity index is 1200. The lowest BCUT2D eigenvalue weighted by Crippen LogP contribution is -2.46. The van der Waals surface area contributed by atoms with Crippen LogP contribution in [0.1, 0.15) is 18.9 Å². The summed E-state index contributed by atoms with van der Waals surface area (Å²) in [5.41, 5.74) is 5.76. The molecule has 0 spiro atoms. The Labute approximate surface area is 175 Å². The van der Waals surface area contributed by atoms with E-state index in [1.807, 2.05) is 29.2 Å². The zero-order valence-electron chi connectivity index (χ0n) is 15.8. The molecule has 0 radical (unpaired) electrons. The molecule has 1 aromatic heterocycles. The topological polar surface area (TPSA) is 97.8 Å². The fraction of sp³-hybridized carbons (Fsp3) is 0.333. The molecule has 2 fully saturated rings. The van der Waals surface area contributed by atoms with Gasteiger partial charge in [0.1, 0.15) is 5.82 Å². The number of carbonyl (C=O) groups is 1. The molecule has 2 aromatic rings. The van der Waals surface area contributed by atoms with Gasteiger partial charge < -0.3 is 25.0 Å². The van der Waals surface area contributed by atoms with Crippen LogP contribution < -0.4 is 20.8 Å². The van der Waals surface area contributed by atoms with E-state index in [2.05, 4.69) is 4.74 Å². The van der Waals surface area contributed by atoms with Crippen LogP contribution in [0.25, 0.3) is 10.9 Å². The van der Waals surface area contributed by atoms with Gasteiger partial charge in [-0.05, 0) is 18.9 Å². The molecule has 7 nitrogen and oxygen atoms in total. The van der Waals surface area contributed by atoms with E-state index in [1.165, 1.54) is 6.20 Å². The number of ether oxygens (including phenoxy) is 1. The van der Waals surface area contributed by atoms with E-state index < -0.39 is 22.9 Å². The van der Waals surface area contributed by atoms with Crippen LogP contribution in [0, 0.1) is 11.7 Å². The van der Waals surface area contributed by atoms with Gasteiger partial charge in [-0.1, -0.05) is 35.9 Å². The van der Waals surface area contributed by atoms with Crippen LogP contribution in [0.3, 0.4) is 0 Å². The Morgan fingerprint density at radius 1 is 1.37 bits per heavy atom. The number of rotatable bonds is 3. The van der Waals surface area contributed by atoms with Crippen molar-refractivity contribution in [2.45, 2.75) is 24.4 Å². The highest BCUT2D eigenvalue weighted by molar-refractivity contribution is 6.38. The van der Waals surface area contributed by atoms with Crippen LogP contribution in [-0.4, -0.2) is 34.5 Å². The minimum Gasteiger partial charge on any atom is -0.449 e. The molecule has 2 heterocycles. The van der Waals surface area contributed by atoms with Gasteiger partial charge in [0, 0.05) is 25.0 Å². The maximum Gasteiger partial charge on any atom is 0.511 e. The number of hydrogen-bond donors (Lipinski definition) is 2. The summed E-state index contributed by atoms with van der Waals surface area (Å²) in [5.74, 6) is -1.01. The number of benzene rings is 1. The van der Waals surface area contributed by atoms with Gasteiger partial charge in [-0.25, -0.2) is 9.18 Å². The number of carboxylic acid groups (broad SMARTS) is 1. The molecule has 0 bridgehead atoms. The number of aromatic nitrogens is 1. The number of allylic oxidation sites excluding steroid dienone is 2. The molecule has 5 rings (SSSR count). The monoisotopic (exact) mass is 431 g/mol. The molecular weight excluding hydrogens is 413 g/mol. The fourth-order valence-electron chi connectivity index (χ4n) is 4.44. The lowest BCUT2D eigenvalue weighted by Gasteiger charge is -2.27. The Balaban J connectivity index is 1.69. The smallest absolute Gasteiger partial charge is 0.449 e. The molecule has 3 N–H and O–H groups in total. The highest BCUT2D eigenvalue weighted by atomic mass is 35.5. The van der Waals surface area contributed by atoms with Crippen LogP contribution >= 0.6 is 11.6 Å². The van der Waals surface area contributed by atoms with Crippen LogP contribution in [0.5, 0.6) is 5.75 Å². The van der Waals surface area contributed by atoms with Gasteiger partial charge in [-0.15, -0.1) is 0 Å². The van der Waals surface area contributed by atoms with Crippen molar-refractivity contribution in [2.75, 3.05) is 18.0 Å². The van der Waals surface area contributed by atoms with Crippen molar-refractivity contribution in [3.05, 3.63) is 57.6 Å². The molecule has 30 heavy (non-hydrogen) atoms. The molecule has 3 aliphatic rings. The maximum absolute atomic E-state index is 15.2. The highest BCUT2D eigenvalue weighted by Crippen LogP contribution is 2.44. The zero-order chi connectivity index (χ0) is 21.2. The second-order valence-electron chi connectivity index (χ2n) is 8.09. The summed E-state index contributed by atoms with van der Waals surface area (Å²) in [6.07, 6.45) is 9.17. The normalized spacial score (nSPS) is 25.0. The first-order valence-electron chi connectivity index (χ1n) is 9.66.